The van der Waals surface area contributed by atoms with Gasteiger partial charge in [0.05, 0.1) is 6.61 Å². The standard InChI is InChI=1S/C13H18BrN3O2S/c1-8(13(18)16-5-6-19-2)17-11-4-3-9(12(15)20)7-10(11)14/h3-4,7-8,17H,5-6H2,1-2H3,(H2,15,20)(H,16,18). The second-order valence-electron chi connectivity index (χ2n) is 4.21. The molecule has 0 heterocycles. The fourth-order valence-electron chi connectivity index (χ4n) is 1.51. The lowest BCUT2D eigenvalue weighted by Crippen LogP contribution is -2.39. The highest BCUT2D eigenvalue weighted by Crippen LogP contribution is 2.24. The van der Waals surface area contributed by atoms with E-state index in [4.69, 9.17) is 22.7 Å². The van der Waals surface area contributed by atoms with Gasteiger partial charge >= 0.3 is 0 Å². The molecule has 0 spiro atoms. The summed E-state index contributed by atoms with van der Waals surface area (Å²) in [6.07, 6.45) is 0. The number of benzene rings is 1. The van der Waals surface area contributed by atoms with Gasteiger partial charge in [0.1, 0.15) is 11.0 Å². The first-order chi connectivity index (χ1) is 9.45. The number of rotatable bonds is 7. The van der Waals surface area contributed by atoms with Crippen LogP contribution in [-0.2, 0) is 9.53 Å². The smallest absolute Gasteiger partial charge is 0.242 e. The second kappa shape index (κ2) is 8.18. The molecule has 0 aromatic heterocycles. The second-order valence-corrected chi connectivity index (χ2v) is 5.50. The molecule has 0 saturated carbocycles. The Balaban J connectivity index is 2.63. The summed E-state index contributed by atoms with van der Waals surface area (Å²) in [7, 11) is 1.59. The van der Waals surface area contributed by atoms with Crippen LogP contribution in [0.4, 0.5) is 5.69 Å². The van der Waals surface area contributed by atoms with Gasteiger partial charge in [-0.25, -0.2) is 0 Å². The Morgan fingerprint density at radius 1 is 1.55 bits per heavy atom. The summed E-state index contributed by atoms with van der Waals surface area (Å²) in [6.45, 7) is 2.77. The van der Waals surface area contributed by atoms with E-state index in [2.05, 4.69) is 26.6 Å². The quantitative estimate of drug-likeness (QED) is 0.509. The highest BCUT2D eigenvalue weighted by atomic mass is 79.9. The molecular weight excluding hydrogens is 342 g/mol. The molecule has 1 unspecified atom stereocenters. The van der Waals surface area contributed by atoms with Crippen LogP contribution < -0.4 is 16.4 Å². The van der Waals surface area contributed by atoms with Gasteiger partial charge in [0.2, 0.25) is 5.91 Å². The number of nitrogens with two attached hydrogens (primary N) is 1. The van der Waals surface area contributed by atoms with Crippen LogP contribution in [0.2, 0.25) is 0 Å². The van der Waals surface area contributed by atoms with Crippen molar-refractivity contribution in [3.05, 3.63) is 28.2 Å². The fourth-order valence-corrected chi connectivity index (χ4v) is 2.13. The summed E-state index contributed by atoms with van der Waals surface area (Å²) in [6, 6.07) is 5.10. The number of hydrogen-bond acceptors (Lipinski definition) is 4. The van der Waals surface area contributed by atoms with Crippen molar-refractivity contribution in [1.29, 1.82) is 0 Å². The molecule has 7 heteroatoms. The summed E-state index contributed by atoms with van der Waals surface area (Å²) in [5.41, 5.74) is 7.14. The van der Waals surface area contributed by atoms with E-state index in [1.54, 1.807) is 14.0 Å². The first kappa shape index (κ1) is 16.9. The summed E-state index contributed by atoms with van der Waals surface area (Å²) in [4.78, 5) is 12.2. The molecule has 0 radical (unpaired) electrons. The van der Waals surface area contributed by atoms with Gasteiger partial charge < -0.3 is 21.1 Å². The highest BCUT2D eigenvalue weighted by Gasteiger charge is 2.13. The molecule has 0 aliphatic heterocycles. The van der Waals surface area contributed by atoms with Gasteiger partial charge in [-0.3, -0.25) is 4.79 Å². The normalized spacial score (nSPS) is 11.8. The van der Waals surface area contributed by atoms with Crippen LogP contribution in [0.25, 0.3) is 0 Å². The van der Waals surface area contributed by atoms with Crippen LogP contribution in [-0.4, -0.2) is 37.2 Å². The zero-order valence-corrected chi connectivity index (χ0v) is 13.8. The summed E-state index contributed by atoms with van der Waals surface area (Å²) in [5, 5.41) is 5.89. The number of thiocarbonyl (C=S) groups is 1. The van der Waals surface area contributed by atoms with E-state index >= 15 is 0 Å². The van der Waals surface area contributed by atoms with Crippen LogP contribution >= 0.6 is 28.1 Å². The number of hydrogen-bond donors (Lipinski definition) is 3. The molecule has 0 saturated heterocycles. The molecule has 0 bridgehead atoms. The summed E-state index contributed by atoms with van der Waals surface area (Å²) < 4.78 is 5.68. The topological polar surface area (TPSA) is 76.4 Å². The minimum Gasteiger partial charge on any atom is -0.389 e. The Kier molecular flexibility index (Phi) is 6.90. The number of ether oxygens (including phenoxy) is 1. The van der Waals surface area contributed by atoms with Crippen LogP contribution in [0, 0.1) is 0 Å². The highest BCUT2D eigenvalue weighted by molar-refractivity contribution is 9.10. The first-order valence-corrected chi connectivity index (χ1v) is 7.28. The van der Waals surface area contributed by atoms with E-state index in [-0.39, 0.29) is 11.9 Å². The summed E-state index contributed by atoms with van der Waals surface area (Å²) >= 11 is 8.34. The maximum atomic E-state index is 11.8. The van der Waals surface area contributed by atoms with E-state index in [0.29, 0.717) is 18.1 Å². The third-order valence-corrected chi connectivity index (χ3v) is 3.52. The number of carbonyl (C=O) groups excluding carboxylic acids is 1. The van der Waals surface area contributed by atoms with Crippen LogP contribution in [0.15, 0.2) is 22.7 Å². The van der Waals surface area contributed by atoms with Crippen molar-refractivity contribution in [1.82, 2.24) is 5.32 Å². The Bertz CT molecular complexity index is 497. The largest absolute Gasteiger partial charge is 0.389 e. The van der Waals surface area contributed by atoms with Crippen LogP contribution in [0.1, 0.15) is 12.5 Å². The molecule has 5 nitrogen and oxygen atoms in total. The Hall–Kier alpha value is -1.18. The van der Waals surface area contributed by atoms with Crippen LogP contribution in [0.5, 0.6) is 0 Å². The summed E-state index contributed by atoms with van der Waals surface area (Å²) in [5.74, 6) is -0.0904. The Morgan fingerprint density at radius 2 is 2.25 bits per heavy atom. The molecule has 0 aliphatic rings. The third-order valence-electron chi connectivity index (χ3n) is 2.62. The molecule has 20 heavy (non-hydrogen) atoms. The van der Waals surface area contributed by atoms with Crippen LogP contribution in [0.3, 0.4) is 0 Å². The first-order valence-electron chi connectivity index (χ1n) is 6.08. The van der Waals surface area contributed by atoms with Crippen molar-refractivity contribution in [2.24, 2.45) is 5.73 Å². The monoisotopic (exact) mass is 359 g/mol. The number of methoxy groups -OCH3 is 1. The molecule has 1 atom stereocenters. The average molecular weight is 360 g/mol. The lowest BCUT2D eigenvalue weighted by Gasteiger charge is -2.16. The maximum Gasteiger partial charge on any atom is 0.242 e. The molecular formula is C13H18BrN3O2S. The van der Waals surface area contributed by atoms with E-state index in [9.17, 15) is 4.79 Å². The van der Waals surface area contributed by atoms with Crippen molar-refractivity contribution >= 4 is 44.7 Å². The van der Waals surface area contributed by atoms with Gasteiger partial charge in [-0.15, -0.1) is 0 Å². The van der Waals surface area contributed by atoms with Gasteiger partial charge in [-0.1, -0.05) is 12.2 Å². The van der Waals surface area contributed by atoms with E-state index in [1.807, 2.05) is 18.2 Å². The maximum absolute atomic E-state index is 11.8. The number of anilines is 1. The van der Waals surface area contributed by atoms with Crippen molar-refractivity contribution < 1.29 is 9.53 Å². The number of halogens is 1. The molecule has 1 amide bonds. The minimum atomic E-state index is -0.362. The molecule has 110 valence electrons. The van der Waals surface area contributed by atoms with Crippen molar-refractivity contribution in [2.75, 3.05) is 25.6 Å². The van der Waals surface area contributed by atoms with E-state index in [0.717, 1.165) is 15.7 Å². The zero-order valence-electron chi connectivity index (χ0n) is 11.4. The molecule has 0 fully saturated rings. The number of amides is 1. The molecule has 0 aliphatic carbocycles. The van der Waals surface area contributed by atoms with Gasteiger partial charge in [0.25, 0.3) is 0 Å². The predicted molar refractivity (Wildman–Crippen MR) is 88.0 cm³/mol. The van der Waals surface area contributed by atoms with Gasteiger partial charge in [0.15, 0.2) is 0 Å². The van der Waals surface area contributed by atoms with Gasteiger partial charge in [-0.2, -0.15) is 0 Å². The van der Waals surface area contributed by atoms with E-state index < -0.39 is 0 Å². The number of nitrogens with one attached hydrogen (secondary N) is 2. The minimum absolute atomic E-state index is 0.0904. The zero-order chi connectivity index (χ0) is 15.1. The Labute approximate surface area is 132 Å². The Morgan fingerprint density at radius 3 is 2.80 bits per heavy atom. The molecule has 1 rings (SSSR count). The predicted octanol–water partition coefficient (Wildman–Crippen LogP) is 1.65. The SMILES string of the molecule is COCCNC(=O)C(C)Nc1ccc(C(N)=S)cc1Br. The lowest BCUT2D eigenvalue weighted by atomic mass is 10.2. The van der Waals surface area contributed by atoms with Gasteiger partial charge in [0, 0.05) is 29.4 Å². The van der Waals surface area contributed by atoms with E-state index in [1.165, 1.54) is 0 Å². The lowest BCUT2D eigenvalue weighted by molar-refractivity contribution is -0.121. The fraction of sp³-hybridized carbons (Fsp3) is 0.385. The van der Waals surface area contributed by atoms with Crippen molar-refractivity contribution in [3.63, 3.8) is 0 Å². The van der Waals surface area contributed by atoms with Crippen molar-refractivity contribution in [2.45, 2.75) is 13.0 Å². The van der Waals surface area contributed by atoms with Crippen molar-refractivity contribution in [3.8, 4) is 0 Å². The molecule has 1 aromatic carbocycles. The molecule has 1 aromatic rings. The van der Waals surface area contributed by atoms with Gasteiger partial charge in [-0.05, 0) is 41.1 Å². The molecule has 4 N–H and O–H groups in total. The third kappa shape index (κ3) is 5.07. The average Bonchev–Trinajstić information content (AvgIpc) is 2.40. The number of carbonyl (C=O) groups is 1.